The van der Waals surface area contributed by atoms with Gasteiger partial charge in [-0.15, -0.1) is 0 Å². The molecule has 1 saturated carbocycles. The Morgan fingerprint density at radius 1 is 1.24 bits per heavy atom. The number of halogens is 2. The van der Waals surface area contributed by atoms with Crippen molar-refractivity contribution in [2.75, 3.05) is 18.9 Å². The molecule has 0 aliphatic heterocycles. The molecule has 4 nitrogen and oxygen atoms in total. The zero-order valence-electron chi connectivity index (χ0n) is 9.66. The van der Waals surface area contributed by atoms with Crippen LogP contribution < -0.4 is 4.72 Å². The molecule has 7 heteroatoms. The lowest BCUT2D eigenvalue weighted by Gasteiger charge is -2.22. The van der Waals surface area contributed by atoms with E-state index in [2.05, 4.69) is 0 Å². The first-order chi connectivity index (χ1) is 7.85. The second kappa shape index (κ2) is 6.06. The fourth-order valence-electron chi connectivity index (χ4n) is 1.99. The molecule has 1 aliphatic carbocycles. The molecule has 1 rings (SSSR count). The van der Waals surface area contributed by atoms with Crippen LogP contribution in [0.15, 0.2) is 0 Å². The lowest BCUT2D eigenvalue weighted by Crippen LogP contribution is -2.41. The minimum absolute atomic E-state index is 0.0731. The molecule has 0 unspecified atom stereocenters. The molecule has 0 saturated heterocycles. The zero-order valence-corrected chi connectivity index (χ0v) is 10.5. The maximum absolute atomic E-state index is 12.7. The summed E-state index contributed by atoms with van der Waals surface area (Å²) in [5, 5.41) is 8.33. The molecular weight excluding hydrogens is 252 g/mol. The van der Waals surface area contributed by atoms with Gasteiger partial charge in [0.1, 0.15) is 6.61 Å². The van der Waals surface area contributed by atoms with Crippen LogP contribution in [0.1, 0.15) is 32.1 Å². The van der Waals surface area contributed by atoms with E-state index < -0.39 is 29.1 Å². The van der Waals surface area contributed by atoms with E-state index in [1.165, 1.54) is 0 Å². The predicted molar refractivity (Wildman–Crippen MR) is 60.4 cm³/mol. The van der Waals surface area contributed by atoms with E-state index in [-0.39, 0.29) is 11.7 Å². The van der Waals surface area contributed by atoms with E-state index in [1.54, 1.807) is 0 Å². The highest BCUT2D eigenvalue weighted by atomic mass is 32.2. The highest BCUT2D eigenvalue weighted by molar-refractivity contribution is 7.89. The maximum atomic E-state index is 12.7. The van der Waals surface area contributed by atoms with Gasteiger partial charge in [-0.25, -0.2) is 21.9 Å². The van der Waals surface area contributed by atoms with Gasteiger partial charge in [0.05, 0.1) is 12.3 Å². The van der Waals surface area contributed by atoms with Gasteiger partial charge >= 0.3 is 0 Å². The summed E-state index contributed by atoms with van der Waals surface area (Å²) in [5.74, 6) is -3.40. The minimum Gasteiger partial charge on any atom is -0.390 e. The number of hydrogen-bond acceptors (Lipinski definition) is 3. The Morgan fingerprint density at radius 3 is 2.35 bits per heavy atom. The Labute approximate surface area is 100 Å². The van der Waals surface area contributed by atoms with Crippen LogP contribution >= 0.6 is 0 Å². The van der Waals surface area contributed by atoms with Crippen LogP contribution in [0.3, 0.4) is 0 Å². The molecule has 17 heavy (non-hydrogen) atoms. The highest BCUT2D eigenvalue weighted by Crippen LogP contribution is 2.24. The third-order valence-corrected chi connectivity index (χ3v) is 4.46. The van der Waals surface area contributed by atoms with E-state index in [0.29, 0.717) is 0 Å². The first kappa shape index (κ1) is 14.8. The van der Waals surface area contributed by atoms with Gasteiger partial charge in [-0.2, -0.15) is 0 Å². The van der Waals surface area contributed by atoms with Crippen molar-refractivity contribution in [3.8, 4) is 0 Å². The summed E-state index contributed by atoms with van der Waals surface area (Å²) in [7, 11) is -3.67. The second-order valence-corrected chi connectivity index (χ2v) is 6.47. The Kier molecular flexibility index (Phi) is 5.27. The van der Waals surface area contributed by atoms with Gasteiger partial charge in [0.15, 0.2) is 0 Å². The van der Waals surface area contributed by atoms with Crippen molar-refractivity contribution in [2.24, 2.45) is 5.92 Å². The number of alkyl halides is 2. The highest BCUT2D eigenvalue weighted by Gasteiger charge is 2.30. The van der Waals surface area contributed by atoms with Crippen molar-refractivity contribution in [2.45, 2.75) is 38.0 Å². The van der Waals surface area contributed by atoms with Gasteiger partial charge < -0.3 is 5.11 Å². The smallest absolute Gasteiger partial charge is 0.283 e. The third kappa shape index (κ3) is 5.74. The summed E-state index contributed by atoms with van der Waals surface area (Å²) in [6.07, 6.45) is 4.82. The van der Waals surface area contributed by atoms with Crippen LogP contribution in [0, 0.1) is 5.92 Å². The maximum Gasteiger partial charge on any atom is 0.283 e. The molecule has 1 aliphatic rings. The van der Waals surface area contributed by atoms with Crippen LogP contribution in [0.4, 0.5) is 8.78 Å². The number of aliphatic hydroxyl groups excluding tert-OH is 1. The summed E-state index contributed by atoms with van der Waals surface area (Å²) in [6.45, 7) is -2.38. The average Bonchev–Trinajstić information content (AvgIpc) is 2.28. The van der Waals surface area contributed by atoms with Crippen LogP contribution in [0.5, 0.6) is 0 Å². The number of rotatable bonds is 6. The van der Waals surface area contributed by atoms with Gasteiger partial charge in [-0.1, -0.05) is 19.3 Å². The van der Waals surface area contributed by atoms with Crippen molar-refractivity contribution in [3.63, 3.8) is 0 Å². The zero-order chi connectivity index (χ0) is 12.9. The first-order valence-corrected chi connectivity index (χ1v) is 7.46. The molecule has 1 fully saturated rings. The molecule has 0 aromatic carbocycles. The number of hydrogen-bond donors (Lipinski definition) is 2. The van der Waals surface area contributed by atoms with Gasteiger partial charge in [0, 0.05) is 0 Å². The van der Waals surface area contributed by atoms with Crippen LogP contribution in [0.2, 0.25) is 0 Å². The summed E-state index contributed by atoms with van der Waals surface area (Å²) in [4.78, 5) is 0. The second-order valence-electron chi connectivity index (χ2n) is 4.62. The third-order valence-electron chi connectivity index (χ3n) is 2.96. The van der Waals surface area contributed by atoms with Crippen molar-refractivity contribution >= 4 is 10.0 Å². The summed E-state index contributed by atoms with van der Waals surface area (Å²) in [6, 6.07) is 0. The predicted octanol–water partition coefficient (Wildman–Crippen LogP) is 1.11. The Hall–Kier alpha value is -0.270. The van der Waals surface area contributed by atoms with Crippen molar-refractivity contribution in [1.29, 1.82) is 0 Å². The summed E-state index contributed by atoms with van der Waals surface area (Å²) < 4.78 is 50.3. The number of nitrogens with one attached hydrogen (secondary N) is 1. The van der Waals surface area contributed by atoms with E-state index >= 15 is 0 Å². The van der Waals surface area contributed by atoms with Gasteiger partial charge in [-0.05, 0) is 18.8 Å². The fourth-order valence-corrected chi connectivity index (χ4v) is 3.50. The van der Waals surface area contributed by atoms with Crippen LogP contribution in [-0.4, -0.2) is 38.4 Å². The average molecular weight is 271 g/mol. The van der Waals surface area contributed by atoms with Crippen molar-refractivity contribution in [1.82, 2.24) is 4.72 Å². The van der Waals surface area contributed by atoms with E-state index in [1.807, 2.05) is 4.72 Å². The Balaban J connectivity index is 2.40. The Morgan fingerprint density at radius 2 is 1.82 bits per heavy atom. The largest absolute Gasteiger partial charge is 0.390 e. The molecule has 102 valence electrons. The minimum atomic E-state index is -3.67. The monoisotopic (exact) mass is 271 g/mol. The molecule has 0 spiro atoms. The molecule has 0 aromatic rings. The summed E-state index contributed by atoms with van der Waals surface area (Å²) in [5.41, 5.74) is 0. The lowest BCUT2D eigenvalue weighted by molar-refractivity contribution is -0.0437. The van der Waals surface area contributed by atoms with Gasteiger partial charge in [0.2, 0.25) is 10.0 Å². The quantitative estimate of drug-likeness (QED) is 0.760. The molecular formula is C10H19F2NO3S. The molecule has 0 amide bonds. The molecule has 0 aromatic heterocycles. The fraction of sp³-hybridized carbons (Fsp3) is 1.00. The molecule has 0 bridgehead atoms. The number of aliphatic hydroxyl groups is 1. The van der Waals surface area contributed by atoms with E-state index in [9.17, 15) is 17.2 Å². The van der Waals surface area contributed by atoms with Crippen LogP contribution in [-0.2, 0) is 10.0 Å². The SMILES string of the molecule is O=S(=O)(CC1CCCCC1)NCC(F)(F)CO. The van der Waals surface area contributed by atoms with Crippen molar-refractivity contribution < 1.29 is 22.3 Å². The lowest BCUT2D eigenvalue weighted by atomic mass is 9.91. The standard InChI is InChI=1S/C10H19F2NO3S/c11-10(12,8-14)7-13-17(15,16)6-9-4-2-1-3-5-9/h9,13-14H,1-8H2. The normalized spacial score (nSPS) is 19.5. The van der Waals surface area contributed by atoms with Crippen molar-refractivity contribution in [3.05, 3.63) is 0 Å². The molecule has 0 atom stereocenters. The topological polar surface area (TPSA) is 66.4 Å². The number of sulfonamides is 1. The van der Waals surface area contributed by atoms with Crippen LogP contribution in [0.25, 0.3) is 0 Å². The van der Waals surface area contributed by atoms with E-state index in [4.69, 9.17) is 5.11 Å². The van der Waals surface area contributed by atoms with E-state index in [0.717, 1.165) is 32.1 Å². The first-order valence-electron chi connectivity index (χ1n) is 5.81. The Bertz CT molecular complexity index is 326. The molecule has 0 radical (unpaired) electrons. The summed E-state index contributed by atoms with van der Waals surface area (Å²) >= 11 is 0. The van der Waals surface area contributed by atoms with Gasteiger partial charge in [0.25, 0.3) is 5.92 Å². The van der Waals surface area contributed by atoms with Gasteiger partial charge in [-0.3, -0.25) is 0 Å². The molecule has 0 heterocycles. The molecule has 2 N–H and O–H groups in total.